The maximum absolute atomic E-state index is 6.58. The van der Waals surface area contributed by atoms with E-state index in [0.29, 0.717) is 11.5 Å². The van der Waals surface area contributed by atoms with E-state index in [0.717, 1.165) is 0 Å². The van der Waals surface area contributed by atoms with Gasteiger partial charge in [0.15, 0.2) is 4.33 Å². The van der Waals surface area contributed by atoms with Crippen molar-refractivity contribution in [3.8, 4) is 0 Å². The fourth-order valence-electron chi connectivity index (χ4n) is 3.11. The lowest BCUT2D eigenvalue weighted by atomic mass is 9.84. The second kappa shape index (κ2) is 3.58. The third kappa shape index (κ3) is 1.19. The van der Waals surface area contributed by atoms with Crippen LogP contribution < -0.4 is 0 Å². The molecule has 3 unspecified atom stereocenters. The molecule has 0 aromatic carbocycles. The fraction of sp³-hybridized carbons (Fsp3) is 0.600. The summed E-state index contributed by atoms with van der Waals surface area (Å²) >= 11 is 44.3. The fourth-order valence-corrected chi connectivity index (χ4v) is 6.42. The standard InChI is InChI=1S/C10H5Cl7/c11-3-1-4-5(2-3)9(15)7(13)6(12)8(4,14)10(9,16)17/h1,4-5H,2H2/t4?,5?,8?,9-/m1/s1. The van der Waals surface area contributed by atoms with Gasteiger partial charge in [-0.25, -0.2) is 0 Å². The van der Waals surface area contributed by atoms with Crippen LogP contribution in [0.2, 0.25) is 0 Å². The smallest absolute Gasteiger partial charge is 0.109 e. The van der Waals surface area contributed by atoms with Crippen molar-refractivity contribution < 1.29 is 0 Å². The lowest BCUT2D eigenvalue weighted by Crippen LogP contribution is -2.45. The van der Waals surface area contributed by atoms with Crippen LogP contribution in [0.1, 0.15) is 6.42 Å². The molecule has 3 aliphatic rings. The zero-order valence-corrected chi connectivity index (χ0v) is 13.4. The van der Waals surface area contributed by atoms with Gasteiger partial charge >= 0.3 is 0 Å². The van der Waals surface area contributed by atoms with Gasteiger partial charge in [0, 0.05) is 11.0 Å². The minimum Gasteiger partial charge on any atom is -0.109 e. The zero-order valence-electron chi connectivity index (χ0n) is 8.08. The van der Waals surface area contributed by atoms with Gasteiger partial charge < -0.3 is 0 Å². The average molecular weight is 373 g/mol. The molecule has 0 aromatic heterocycles. The van der Waals surface area contributed by atoms with E-state index in [2.05, 4.69) is 0 Å². The first-order valence-corrected chi connectivity index (χ1v) is 7.51. The molecule has 3 aliphatic carbocycles. The first-order chi connectivity index (χ1) is 7.69. The van der Waals surface area contributed by atoms with Crippen molar-refractivity contribution in [2.45, 2.75) is 20.5 Å². The van der Waals surface area contributed by atoms with Gasteiger partial charge in [0.05, 0.1) is 10.1 Å². The van der Waals surface area contributed by atoms with Crippen LogP contribution in [0.4, 0.5) is 0 Å². The Labute approximate surface area is 134 Å². The van der Waals surface area contributed by atoms with Crippen LogP contribution in [0.5, 0.6) is 0 Å². The SMILES string of the molecule is ClC1=CC2C(C1)[C@@]1(Cl)C(Cl)=C(Cl)C2(Cl)C1(Cl)Cl. The highest BCUT2D eigenvalue weighted by Crippen LogP contribution is 2.78. The Balaban J connectivity index is 2.29. The summed E-state index contributed by atoms with van der Waals surface area (Å²) in [7, 11) is 0. The summed E-state index contributed by atoms with van der Waals surface area (Å²) in [6.07, 6.45) is 2.39. The van der Waals surface area contributed by atoms with E-state index in [1.165, 1.54) is 0 Å². The lowest BCUT2D eigenvalue weighted by Gasteiger charge is -2.33. The van der Waals surface area contributed by atoms with E-state index in [4.69, 9.17) is 81.2 Å². The van der Waals surface area contributed by atoms with Gasteiger partial charge in [-0.3, -0.25) is 0 Å². The Morgan fingerprint density at radius 3 is 2.06 bits per heavy atom. The van der Waals surface area contributed by atoms with Gasteiger partial charge in [-0.2, -0.15) is 0 Å². The Hall–Kier alpha value is 1.51. The maximum Gasteiger partial charge on any atom is 0.167 e. The third-order valence-electron chi connectivity index (χ3n) is 3.92. The van der Waals surface area contributed by atoms with E-state index in [1.54, 1.807) is 0 Å². The Morgan fingerprint density at radius 2 is 1.47 bits per heavy atom. The second-order valence-electron chi connectivity index (χ2n) is 4.58. The minimum absolute atomic E-state index is 0.126. The monoisotopic (exact) mass is 370 g/mol. The van der Waals surface area contributed by atoms with Crippen LogP contribution in [0.3, 0.4) is 0 Å². The van der Waals surface area contributed by atoms with Crippen LogP contribution in [-0.4, -0.2) is 14.1 Å². The molecular formula is C10H5Cl7. The molecule has 17 heavy (non-hydrogen) atoms. The van der Waals surface area contributed by atoms with Crippen molar-refractivity contribution in [1.29, 1.82) is 0 Å². The molecule has 0 amide bonds. The molecule has 0 spiro atoms. The first kappa shape index (κ1) is 13.5. The van der Waals surface area contributed by atoms with Gasteiger partial charge in [0.1, 0.15) is 9.75 Å². The van der Waals surface area contributed by atoms with Crippen molar-refractivity contribution in [2.24, 2.45) is 11.8 Å². The molecule has 1 saturated carbocycles. The molecule has 0 nitrogen and oxygen atoms in total. The summed E-state index contributed by atoms with van der Waals surface area (Å²) in [6, 6.07) is 0. The molecule has 0 heterocycles. The number of allylic oxidation sites excluding steroid dienone is 4. The van der Waals surface area contributed by atoms with Crippen molar-refractivity contribution in [3.63, 3.8) is 0 Å². The molecule has 3 rings (SSSR count). The number of hydrogen-bond acceptors (Lipinski definition) is 0. The zero-order chi connectivity index (χ0) is 12.8. The highest BCUT2D eigenvalue weighted by atomic mass is 35.5. The molecule has 1 fully saturated rings. The summed E-state index contributed by atoms with van der Waals surface area (Å²) in [5.41, 5.74) is 0. The number of alkyl halides is 4. The molecule has 0 saturated heterocycles. The van der Waals surface area contributed by atoms with E-state index in [1.807, 2.05) is 6.08 Å². The van der Waals surface area contributed by atoms with Crippen molar-refractivity contribution in [3.05, 3.63) is 21.2 Å². The summed E-state index contributed by atoms with van der Waals surface area (Å²) in [5.74, 6) is -0.321. The molecule has 2 bridgehead atoms. The normalized spacial score (nSPS) is 50.9. The highest BCUT2D eigenvalue weighted by molar-refractivity contribution is 6.65. The molecular weight excluding hydrogens is 368 g/mol. The Bertz CT molecular complexity index is 479. The molecule has 94 valence electrons. The van der Waals surface area contributed by atoms with Crippen molar-refractivity contribution >= 4 is 81.2 Å². The van der Waals surface area contributed by atoms with Gasteiger partial charge in [0.2, 0.25) is 0 Å². The molecule has 4 atom stereocenters. The summed E-state index contributed by atoms with van der Waals surface area (Å²) in [5, 5.41) is 1.15. The number of hydrogen-bond donors (Lipinski definition) is 0. The van der Waals surface area contributed by atoms with E-state index >= 15 is 0 Å². The van der Waals surface area contributed by atoms with E-state index in [-0.39, 0.29) is 21.9 Å². The number of fused-ring (bicyclic) bond motifs is 5. The summed E-state index contributed by atoms with van der Waals surface area (Å²) in [4.78, 5) is -2.37. The quantitative estimate of drug-likeness (QED) is 0.486. The van der Waals surface area contributed by atoms with Crippen molar-refractivity contribution in [2.75, 3.05) is 0 Å². The number of halogens is 7. The van der Waals surface area contributed by atoms with Crippen LogP contribution in [0.25, 0.3) is 0 Å². The second-order valence-corrected chi connectivity index (χ2v) is 8.34. The highest BCUT2D eigenvalue weighted by Gasteiger charge is 2.82. The lowest BCUT2D eigenvalue weighted by molar-refractivity contribution is 0.415. The van der Waals surface area contributed by atoms with Gasteiger partial charge in [-0.1, -0.05) is 64.1 Å². The van der Waals surface area contributed by atoms with Gasteiger partial charge in [-0.05, 0) is 12.3 Å². The topological polar surface area (TPSA) is 0 Å². The Kier molecular flexibility index (Phi) is 2.84. The van der Waals surface area contributed by atoms with E-state index in [9.17, 15) is 0 Å². The van der Waals surface area contributed by atoms with Gasteiger partial charge in [-0.15, -0.1) is 23.2 Å². The molecule has 7 heteroatoms. The predicted molar refractivity (Wildman–Crippen MR) is 75.9 cm³/mol. The third-order valence-corrected chi connectivity index (χ3v) is 8.53. The summed E-state index contributed by atoms with van der Waals surface area (Å²) < 4.78 is -1.44. The van der Waals surface area contributed by atoms with E-state index < -0.39 is 14.1 Å². The minimum atomic E-state index is -1.44. The first-order valence-electron chi connectivity index (χ1n) is 4.87. The van der Waals surface area contributed by atoms with Crippen LogP contribution >= 0.6 is 81.2 Å². The maximum atomic E-state index is 6.58. The molecule has 0 radical (unpaired) electrons. The number of rotatable bonds is 0. The van der Waals surface area contributed by atoms with Crippen LogP contribution in [-0.2, 0) is 0 Å². The molecule has 0 aromatic rings. The van der Waals surface area contributed by atoms with Gasteiger partial charge in [0.25, 0.3) is 0 Å². The van der Waals surface area contributed by atoms with Crippen LogP contribution in [0.15, 0.2) is 21.2 Å². The average Bonchev–Trinajstić information content (AvgIpc) is 2.72. The predicted octanol–water partition coefficient (Wildman–Crippen LogP) is 5.59. The molecule has 0 aliphatic heterocycles. The largest absolute Gasteiger partial charge is 0.167 e. The van der Waals surface area contributed by atoms with Crippen LogP contribution in [0, 0.1) is 11.8 Å². The summed E-state index contributed by atoms with van der Waals surface area (Å²) in [6.45, 7) is 0. The Morgan fingerprint density at radius 1 is 0.941 bits per heavy atom. The van der Waals surface area contributed by atoms with Crippen molar-refractivity contribution in [1.82, 2.24) is 0 Å². The molecule has 0 N–H and O–H groups in total.